The maximum absolute atomic E-state index is 12.5. The molecule has 2 atom stereocenters. The molecule has 0 saturated heterocycles. The second-order valence-corrected chi connectivity index (χ2v) is 26.7. The van der Waals surface area contributed by atoms with E-state index in [1.807, 2.05) is 0 Å². The first-order valence-corrected chi connectivity index (χ1v) is 38.6. The van der Waals surface area contributed by atoms with Crippen molar-refractivity contribution in [2.45, 2.75) is 450 Å². The largest absolute Gasteiger partial charge is 0.466 e. The Morgan fingerprint density at radius 3 is 0.845 bits per heavy atom. The molecule has 3 N–H and O–H groups in total. The van der Waals surface area contributed by atoms with Crippen LogP contribution in [0, 0.1) is 0 Å². The maximum atomic E-state index is 12.5. The molecule has 6 heteroatoms. The average molecular weight is 1180 g/mol. The van der Waals surface area contributed by atoms with E-state index in [9.17, 15) is 19.8 Å². The van der Waals surface area contributed by atoms with Crippen molar-refractivity contribution in [3.63, 3.8) is 0 Å². The van der Waals surface area contributed by atoms with Gasteiger partial charge in [-0.15, -0.1) is 0 Å². The summed E-state index contributed by atoms with van der Waals surface area (Å²) < 4.78 is 5.51. The van der Waals surface area contributed by atoms with Gasteiger partial charge < -0.3 is 20.3 Å². The summed E-state index contributed by atoms with van der Waals surface area (Å²) in [5.74, 6) is -0.0137. The molecule has 0 aliphatic rings. The molecule has 84 heavy (non-hydrogen) atoms. The van der Waals surface area contributed by atoms with Gasteiger partial charge >= 0.3 is 5.97 Å². The first-order chi connectivity index (χ1) is 41.5. The number of unbranched alkanes of at least 4 members (excludes halogenated alkanes) is 58. The molecule has 0 aromatic rings. The van der Waals surface area contributed by atoms with Crippen LogP contribution in [0.1, 0.15) is 438 Å². The molecule has 0 aromatic heterocycles. The summed E-state index contributed by atoms with van der Waals surface area (Å²) in [6, 6.07) is -0.541. The predicted molar refractivity (Wildman–Crippen MR) is 370 cm³/mol. The lowest BCUT2D eigenvalue weighted by Gasteiger charge is -2.22. The van der Waals surface area contributed by atoms with Crippen LogP contribution in [0.2, 0.25) is 0 Å². The molecular formula is C78H151NO5. The minimum Gasteiger partial charge on any atom is -0.466 e. The van der Waals surface area contributed by atoms with Crippen LogP contribution in [-0.4, -0.2) is 47.4 Å². The number of ether oxygens (including phenoxy) is 1. The molecular weight excluding hydrogens is 1030 g/mol. The molecule has 0 heterocycles. The molecule has 2 unspecified atom stereocenters. The first kappa shape index (κ1) is 82.3. The zero-order chi connectivity index (χ0) is 60.6. The Labute approximate surface area is 526 Å². The Morgan fingerprint density at radius 1 is 0.321 bits per heavy atom. The number of esters is 1. The third-order valence-corrected chi connectivity index (χ3v) is 18.2. The molecule has 0 radical (unpaired) electrons. The second kappa shape index (κ2) is 73.8. The number of carbonyl (C=O) groups excluding carboxylic acids is 2. The molecule has 0 aromatic carbocycles. The number of nitrogens with one attached hydrogen (secondary N) is 1. The number of aliphatic hydroxyl groups is 2. The minimum atomic E-state index is -0.664. The van der Waals surface area contributed by atoms with Crippen molar-refractivity contribution in [1.29, 1.82) is 0 Å². The van der Waals surface area contributed by atoms with Crippen LogP contribution >= 0.6 is 0 Å². The van der Waals surface area contributed by atoms with Gasteiger partial charge in [0.1, 0.15) is 0 Å². The minimum absolute atomic E-state index is 0.0152. The van der Waals surface area contributed by atoms with Gasteiger partial charge in [0, 0.05) is 12.8 Å². The quantitative estimate of drug-likeness (QED) is 0.0320. The zero-order valence-electron chi connectivity index (χ0n) is 57.2. The van der Waals surface area contributed by atoms with Gasteiger partial charge in [-0.3, -0.25) is 9.59 Å². The van der Waals surface area contributed by atoms with Crippen LogP contribution < -0.4 is 5.32 Å². The Bertz CT molecular complexity index is 1320. The van der Waals surface area contributed by atoms with Crippen molar-refractivity contribution >= 4 is 11.9 Å². The number of hydrogen-bond acceptors (Lipinski definition) is 5. The highest BCUT2D eigenvalue weighted by molar-refractivity contribution is 5.76. The van der Waals surface area contributed by atoms with E-state index in [1.165, 1.54) is 360 Å². The fourth-order valence-corrected chi connectivity index (χ4v) is 12.3. The molecule has 1 amide bonds. The summed E-state index contributed by atoms with van der Waals surface area (Å²) in [7, 11) is 0. The highest BCUT2D eigenvalue weighted by atomic mass is 16.5. The standard InChI is InChI=1S/C78H151NO5/c1-3-5-7-9-11-13-15-17-19-21-35-38-42-46-50-54-58-62-66-70-76(81)75(74-80)79-77(82)71-67-63-59-55-51-47-43-39-36-33-31-29-27-25-23-24-26-28-30-32-34-37-41-45-49-53-57-61-65-69-73-84-78(83)72-68-64-60-56-52-48-44-40-22-20-18-16-14-12-10-8-6-4-2/h20,22,24,26,75-76,80-81H,3-19,21,23,25,27-74H2,1-2H3,(H,79,82)/b22-20-,26-24-. The van der Waals surface area contributed by atoms with Gasteiger partial charge in [0.15, 0.2) is 0 Å². The second-order valence-electron chi connectivity index (χ2n) is 26.7. The highest BCUT2D eigenvalue weighted by Crippen LogP contribution is 2.19. The van der Waals surface area contributed by atoms with E-state index in [2.05, 4.69) is 43.5 Å². The van der Waals surface area contributed by atoms with Gasteiger partial charge in [0.25, 0.3) is 0 Å². The lowest BCUT2D eigenvalue weighted by Crippen LogP contribution is -2.45. The van der Waals surface area contributed by atoms with Crippen LogP contribution in [0.5, 0.6) is 0 Å². The number of carbonyl (C=O) groups is 2. The van der Waals surface area contributed by atoms with Crippen LogP contribution in [0.3, 0.4) is 0 Å². The van der Waals surface area contributed by atoms with Crippen molar-refractivity contribution in [3.05, 3.63) is 24.3 Å². The molecule has 0 bridgehead atoms. The summed E-state index contributed by atoms with van der Waals surface area (Å²) >= 11 is 0. The fraction of sp³-hybridized carbons (Fsp3) is 0.923. The number of hydrogen-bond donors (Lipinski definition) is 3. The third-order valence-electron chi connectivity index (χ3n) is 18.2. The van der Waals surface area contributed by atoms with Crippen molar-refractivity contribution in [3.8, 4) is 0 Å². The van der Waals surface area contributed by atoms with Crippen molar-refractivity contribution in [1.82, 2.24) is 5.32 Å². The molecule has 0 spiro atoms. The van der Waals surface area contributed by atoms with Crippen molar-refractivity contribution in [2.75, 3.05) is 13.2 Å². The smallest absolute Gasteiger partial charge is 0.305 e. The molecule has 0 rings (SSSR count). The molecule has 6 nitrogen and oxygen atoms in total. The van der Waals surface area contributed by atoms with Gasteiger partial charge in [-0.2, -0.15) is 0 Å². The fourth-order valence-electron chi connectivity index (χ4n) is 12.3. The predicted octanol–water partition coefficient (Wildman–Crippen LogP) is 25.3. The number of aliphatic hydroxyl groups excluding tert-OH is 2. The lowest BCUT2D eigenvalue weighted by atomic mass is 10.0. The number of amides is 1. The Balaban J connectivity index is 3.35. The lowest BCUT2D eigenvalue weighted by molar-refractivity contribution is -0.143. The van der Waals surface area contributed by atoms with E-state index in [4.69, 9.17) is 4.74 Å². The first-order valence-electron chi connectivity index (χ1n) is 38.6. The van der Waals surface area contributed by atoms with Crippen LogP contribution in [0.25, 0.3) is 0 Å². The maximum Gasteiger partial charge on any atom is 0.305 e. The van der Waals surface area contributed by atoms with Crippen LogP contribution in [-0.2, 0) is 14.3 Å². The van der Waals surface area contributed by atoms with E-state index in [-0.39, 0.29) is 18.5 Å². The Hall–Kier alpha value is -1.66. The van der Waals surface area contributed by atoms with E-state index in [0.717, 1.165) is 44.9 Å². The Kier molecular flexibility index (Phi) is 72.3. The van der Waals surface area contributed by atoms with Crippen molar-refractivity contribution in [2.24, 2.45) is 0 Å². The normalized spacial score (nSPS) is 12.6. The van der Waals surface area contributed by atoms with Gasteiger partial charge in [-0.1, -0.05) is 372 Å². The molecule has 0 aliphatic heterocycles. The Morgan fingerprint density at radius 2 is 0.560 bits per heavy atom. The van der Waals surface area contributed by atoms with Gasteiger partial charge in [0.2, 0.25) is 5.91 Å². The summed E-state index contributed by atoms with van der Waals surface area (Å²) in [5, 5.41) is 23.4. The SMILES string of the molecule is CCCCCCCCC/C=C\CCCCCCCCCC(=O)OCCCCCCCCCCCCCC/C=C\CCCCCCCCCCCCCCCCC(=O)NC(CO)C(O)CCCCCCCCCCCCCCCCCCCCC. The number of rotatable bonds is 73. The average Bonchev–Trinajstić information content (AvgIpc) is 3.53. The van der Waals surface area contributed by atoms with Gasteiger partial charge in [-0.05, 0) is 77.0 Å². The highest BCUT2D eigenvalue weighted by Gasteiger charge is 2.20. The van der Waals surface area contributed by atoms with Crippen molar-refractivity contribution < 1.29 is 24.5 Å². The van der Waals surface area contributed by atoms with Crippen LogP contribution in [0.15, 0.2) is 24.3 Å². The van der Waals surface area contributed by atoms with E-state index >= 15 is 0 Å². The molecule has 0 fully saturated rings. The van der Waals surface area contributed by atoms with E-state index in [0.29, 0.717) is 25.9 Å². The molecule has 498 valence electrons. The summed E-state index contributed by atoms with van der Waals surface area (Å²) in [6.45, 7) is 5.00. The van der Waals surface area contributed by atoms with Crippen LogP contribution in [0.4, 0.5) is 0 Å². The molecule has 0 aliphatic carbocycles. The third kappa shape index (κ3) is 69.4. The van der Waals surface area contributed by atoms with E-state index in [1.54, 1.807) is 0 Å². The van der Waals surface area contributed by atoms with E-state index < -0.39 is 12.1 Å². The monoisotopic (exact) mass is 1180 g/mol. The topological polar surface area (TPSA) is 95.9 Å². The molecule has 0 saturated carbocycles. The number of allylic oxidation sites excluding steroid dienone is 4. The zero-order valence-corrected chi connectivity index (χ0v) is 57.2. The summed E-state index contributed by atoms with van der Waals surface area (Å²) in [5.41, 5.74) is 0. The summed E-state index contributed by atoms with van der Waals surface area (Å²) in [4.78, 5) is 24.7. The van der Waals surface area contributed by atoms with Gasteiger partial charge in [0.05, 0.1) is 25.4 Å². The summed E-state index contributed by atoms with van der Waals surface area (Å²) in [6.07, 6.45) is 94.0. The van der Waals surface area contributed by atoms with Gasteiger partial charge in [-0.25, -0.2) is 0 Å².